The molecule has 5 heteroatoms. The molecule has 1 aliphatic rings. The Morgan fingerprint density at radius 3 is 2.86 bits per heavy atom. The molecule has 0 saturated heterocycles. The number of nitrogens with two attached hydrogens (primary N) is 1. The van der Waals surface area contributed by atoms with E-state index in [0.717, 1.165) is 52.8 Å². The van der Waals surface area contributed by atoms with Crippen molar-refractivity contribution in [3.63, 3.8) is 0 Å². The van der Waals surface area contributed by atoms with Crippen molar-refractivity contribution in [2.24, 2.45) is 5.84 Å². The second kappa shape index (κ2) is 4.79. The van der Waals surface area contributed by atoms with E-state index in [1.807, 2.05) is 24.3 Å². The van der Waals surface area contributed by atoms with Crippen molar-refractivity contribution in [2.75, 3.05) is 5.43 Å². The minimum absolute atomic E-state index is 0.639. The van der Waals surface area contributed by atoms with Gasteiger partial charge in [-0.2, -0.15) is 0 Å². The lowest BCUT2D eigenvalue weighted by Crippen LogP contribution is -2.13. The van der Waals surface area contributed by atoms with E-state index in [9.17, 15) is 0 Å². The zero-order chi connectivity index (χ0) is 14.2. The molecule has 0 spiro atoms. The molecule has 0 amide bonds. The highest BCUT2D eigenvalue weighted by atomic mass is 15.3. The minimum atomic E-state index is 0.639. The summed E-state index contributed by atoms with van der Waals surface area (Å²) < 4.78 is 0. The van der Waals surface area contributed by atoms with E-state index in [2.05, 4.69) is 21.5 Å². The molecule has 0 bridgehead atoms. The molecule has 0 saturated carbocycles. The van der Waals surface area contributed by atoms with Gasteiger partial charge >= 0.3 is 0 Å². The van der Waals surface area contributed by atoms with Gasteiger partial charge in [-0.15, -0.1) is 0 Å². The smallest absolute Gasteiger partial charge is 0.181 e. The summed E-state index contributed by atoms with van der Waals surface area (Å²) >= 11 is 0. The Kier molecular flexibility index (Phi) is 2.79. The number of nitrogen functional groups attached to an aromatic ring is 1. The second-order valence-electron chi connectivity index (χ2n) is 5.20. The molecular weight excluding hydrogens is 262 g/mol. The minimum Gasteiger partial charge on any atom is -0.308 e. The van der Waals surface area contributed by atoms with Crippen LogP contribution in [0.2, 0.25) is 0 Å². The molecule has 0 aliphatic heterocycles. The van der Waals surface area contributed by atoms with Gasteiger partial charge in [-0.1, -0.05) is 24.3 Å². The van der Waals surface area contributed by atoms with Gasteiger partial charge in [0.05, 0.1) is 0 Å². The number of anilines is 1. The molecule has 0 unspecified atom stereocenters. The van der Waals surface area contributed by atoms with Crippen LogP contribution in [0.5, 0.6) is 0 Å². The van der Waals surface area contributed by atoms with Crippen LogP contribution in [0.1, 0.15) is 17.7 Å². The van der Waals surface area contributed by atoms with Crippen molar-refractivity contribution in [2.45, 2.75) is 19.3 Å². The van der Waals surface area contributed by atoms with Crippen molar-refractivity contribution in [3.05, 3.63) is 47.8 Å². The van der Waals surface area contributed by atoms with Crippen molar-refractivity contribution < 1.29 is 0 Å². The number of hydrazine groups is 1. The highest BCUT2D eigenvalue weighted by molar-refractivity contribution is 5.93. The molecule has 3 N–H and O–H groups in total. The van der Waals surface area contributed by atoms with Crippen molar-refractivity contribution in [1.82, 2.24) is 15.0 Å². The summed E-state index contributed by atoms with van der Waals surface area (Å²) in [5.41, 5.74) is 5.74. The molecule has 21 heavy (non-hydrogen) atoms. The maximum Gasteiger partial charge on any atom is 0.181 e. The monoisotopic (exact) mass is 277 g/mol. The normalized spacial score (nSPS) is 13.4. The summed E-state index contributed by atoms with van der Waals surface area (Å²) in [6.45, 7) is 0. The molecule has 2 aromatic heterocycles. The van der Waals surface area contributed by atoms with Gasteiger partial charge in [0.1, 0.15) is 11.5 Å². The van der Waals surface area contributed by atoms with Crippen LogP contribution in [-0.4, -0.2) is 15.0 Å². The van der Waals surface area contributed by atoms with Gasteiger partial charge in [-0.25, -0.2) is 15.8 Å². The highest BCUT2D eigenvalue weighted by Gasteiger charge is 2.20. The topological polar surface area (TPSA) is 76.7 Å². The number of nitrogens with zero attached hydrogens (tertiary/aromatic N) is 3. The maximum absolute atomic E-state index is 5.62. The first-order valence-electron chi connectivity index (χ1n) is 7.07. The number of aromatic nitrogens is 3. The largest absolute Gasteiger partial charge is 0.308 e. The maximum atomic E-state index is 5.62. The van der Waals surface area contributed by atoms with Gasteiger partial charge in [-0.05, 0) is 30.7 Å². The third kappa shape index (κ3) is 1.94. The van der Waals surface area contributed by atoms with Crippen LogP contribution >= 0.6 is 0 Å². The van der Waals surface area contributed by atoms with Gasteiger partial charge in [0.25, 0.3) is 0 Å². The number of hydrogen-bond acceptors (Lipinski definition) is 5. The van der Waals surface area contributed by atoms with E-state index in [4.69, 9.17) is 10.8 Å². The first-order valence-corrected chi connectivity index (χ1v) is 7.07. The van der Waals surface area contributed by atoms with Crippen molar-refractivity contribution in [3.8, 4) is 11.5 Å². The van der Waals surface area contributed by atoms with E-state index in [1.165, 1.54) is 0 Å². The summed E-state index contributed by atoms with van der Waals surface area (Å²) in [4.78, 5) is 13.8. The number of aryl methyl sites for hydroxylation is 1. The lowest BCUT2D eigenvalue weighted by atomic mass is 10.1. The van der Waals surface area contributed by atoms with Gasteiger partial charge in [-0.3, -0.25) is 4.98 Å². The van der Waals surface area contributed by atoms with Crippen LogP contribution in [0.3, 0.4) is 0 Å². The lowest BCUT2D eigenvalue weighted by molar-refractivity contribution is 0.899. The van der Waals surface area contributed by atoms with Gasteiger partial charge < -0.3 is 5.43 Å². The molecule has 5 nitrogen and oxygen atoms in total. The molecular formula is C16H15N5. The Hall–Kier alpha value is -2.53. The van der Waals surface area contributed by atoms with Crippen LogP contribution in [0, 0.1) is 0 Å². The first-order chi connectivity index (χ1) is 10.4. The van der Waals surface area contributed by atoms with Crippen molar-refractivity contribution >= 4 is 16.6 Å². The fourth-order valence-corrected chi connectivity index (χ4v) is 2.96. The number of benzene rings is 1. The molecule has 0 fully saturated rings. The molecule has 3 aromatic rings. The van der Waals surface area contributed by atoms with E-state index < -0.39 is 0 Å². The number of hydrogen-bond donors (Lipinski definition) is 2. The summed E-state index contributed by atoms with van der Waals surface area (Å²) in [5, 5.41) is 2.19. The molecule has 1 aliphatic carbocycles. The highest BCUT2D eigenvalue weighted by Crippen LogP contribution is 2.30. The van der Waals surface area contributed by atoms with Crippen LogP contribution in [0.4, 0.5) is 5.82 Å². The number of nitrogens with one attached hydrogen (secondary N) is 1. The first kappa shape index (κ1) is 12.2. The second-order valence-corrected chi connectivity index (χ2v) is 5.20. The molecule has 104 valence electrons. The summed E-state index contributed by atoms with van der Waals surface area (Å²) in [7, 11) is 0. The average molecular weight is 277 g/mol. The predicted molar refractivity (Wildman–Crippen MR) is 82.6 cm³/mol. The Morgan fingerprint density at radius 2 is 1.95 bits per heavy atom. The van der Waals surface area contributed by atoms with E-state index >= 15 is 0 Å². The Labute approximate surface area is 122 Å². The van der Waals surface area contributed by atoms with Gasteiger partial charge in [0.15, 0.2) is 5.82 Å². The Balaban J connectivity index is 1.97. The lowest BCUT2D eigenvalue weighted by Gasteiger charge is -2.10. The number of rotatable bonds is 2. The van der Waals surface area contributed by atoms with Gasteiger partial charge in [0.2, 0.25) is 0 Å². The molecule has 1 aromatic carbocycles. The van der Waals surface area contributed by atoms with E-state index in [-0.39, 0.29) is 0 Å². The Morgan fingerprint density at radius 1 is 1.05 bits per heavy atom. The third-order valence-corrected chi connectivity index (χ3v) is 3.96. The van der Waals surface area contributed by atoms with E-state index in [1.54, 1.807) is 6.20 Å². The summed E-state index contributed by atoms with van der Waals surface area (Å²) in [6.07, 6.45) is 4.86. The number of fused-ring (bicyclic) bond motifs is 2. The van der Waals surface area contributed by atoms with Crippen LogP contribution in [0.25, 0.3) is 22.3 Å². The fraction of sp³-hybridized carbons (Fsp3) is 0.188. The zero-order valence-corrected chi connectivity index (χ0v) is 11.5. The molecule has 4 rings (SSSR count). The molecule has 2 heterocycles. The van der Waals surface area contributed by atoms with Crippen molar-refractivity contribution in [1.29, 1.82) is 0 Å². The predicted octanol–water partition coefficient (Wildman–Crippen LogP) is 2.47. The fourth-order valence-electron chi connectivity index (χ4n) is 2.96. The SMILES string of the molecule is NNc1nc(-c2nccc3ccccc23)nc2c1CCC2. The zero-order valence-electron chi connectivity index (χ0n) is 11.5. The quantitative estimate of drug-likeness (QED) is 0.556. The van der Waals surface area contributed by atoms with Crippen LogP contribution in [-0.2, 0) is 12.8 Å². The van der Waals surface area contributed by atoms with E-state index in [0.29, 0.717) is 5.82 Å². The van der Waals surface area contributed by atoms with Crippen LogP contribution in [0.15, 0.2) is 36.5 Å². The Bertz CT molecular complexity index is 823. The van der Waals surface area contributed by atoms with Crippen LogP contribution < -0.4 is 11.3 Å². The average Bonchev–Trinajstić information content (AvgIpc) is 3.02. The summed E-state index contributed by atoms with van der Waals surface area (Å²) in [5.74, 6) is 6.99. The van der Waals surface area contributed by atoms with Gasteiger partial charge in [0, 0.05) is 22.8 Å². The molecule has 0 atom stereocenters. The third-order valence-electron chi connectivity index (χ3n) is 3.96. The molecule has 0 radical (unpaired) electrons. The standard InChI is InChI=1S/C16H15N5/c17-21-15-12-6-3-7-13(12)19-16(20-15)14-11-5-2-1-4-10(11)8-9-18-14/h1-2,4-5,8-9H,3,6-7,17H2,(H,19,20,21). The summed E-state index contributed by atoms with van der Waals surface area (Å²) in [6, 6.07) is 10.1. The number of pyridine rings is 1.